The number of piperazine rings is 1. The highest BCUT2D eigenvalue weighted by Gasteiger charge is 2.36. The van der Waals surface area contributed by atoms with Gasteiger partial charge in [-0.1, -0.05) is 18.0 Å². The number of halogens is 5. The molecule has 1 aromatic rings. The van der Waals surface area contributed by atoms with Gasteiger partial charge in [-0.15, -0.1) is 12.4 Å². The van der Waals surface area contributed by atoms with Gasteiger partial charge >= 0.3 is 6.18 Å². The zero-order chi connectivity index (χ0) is 15.7. The number of alkyl halides is 3. The van der Waals surface area contributed by atoms with Crippen LogP contribution in [0.15, 0.2) is 18.2 Å². The fraction of sp³-hybridized carbons (Fsp3) is 0.625. The molecule has 7 heteroatoms. The molecule has 1 aliphatic heterocycles. The van der Waals surface area contributed by atoms with E-state index in [1.807, 2.05) is 0 Å². The number of nitrogens with zero attached hydrogens (tertiary/aromatic N) is 1. The molecule has 1 aliphatic carbocycles. The van der Waals surface area contributed by atoms with Crippen LogP contribution in [0.5, 0.6) is 0 Å². The van der Waals surface area contributed by atoms with Crippen molar-refractivity contribution in [2.45, 2.75) is 31.5 Å². The second-order valence-corrected chi connectivity index (χ2v) is 6.63. The largest absolute Gasteiger partial charge is 0.416 e. The van der Waals surface area contributed by atoms with E-state index in [-0.39, 0.29) is 23.5 Å². The molecular weight excluding hydrogens is 348 g/mol. The molecule has 2 aliphatic rings. The second kappa shape index (κ2) is 7.60. The molecule has 3 rings (SSSR count). The predicted octanol–water partition coefficient (Wildman–Crippen LogP) is 4.53. The van der Waals surface area contributed by atoms with Gasteiger partial charge in [0.05, 0.1) is 5.56 Å². The number of benzene rings is 1. The van der Waals surface area contributed by atoms with Crippen molar-refractivity contribution in [3.8, 4) is 0 Å². The van der Waals surface area contributed by atoms with Crippen LogP contribution >= 0.6 is 24.0 Å². The average Bonchev–Trinajstić information content (AvgIpc) is 2.42. The first-order chi connectivity index (χ1) is 10.4. The maximum absolute atomic E-state index is 13.1. The van der Waals surface area contributed by atoms with E-state index in [1.165, 1.54) is 12.5 Å². The van der Waals surface area contributed by atoms with Crippen molar-refractivity contribution in [2.75, 3.05) is 26.2 Å². The zero-order valence-electron chi connectivity index (χ0n) is 12.7. The lowest BCUT2D eigenvalue weighted by atomic mass is 9.76. The van der Waals surface area contributed by atoms with E-state index in [0.717, 1.165) is 45.1 Å². The molecule has 1 N–H and O–H groups in total. The Morgan fingerprint density at radius 3 is 2.30 bits per heavy atom. The number of rotatable bonds is 3. The molecule has 23 heavy (non-hydrogen) atoms. The summed E-state index contributed by atoms with van der Waals surface area (Å²) in [6.45, 7) is 3.51. The summed E-state index contributed by atoms with van der Waals surface area (Å²) in [6.07, 6.45) is -1.02. The van der Waals surface area contributed by atoms with Gasteiger partial charge in [-0.25, -0.2) is 0 Å². The Hall–Kier alpha value is -0.490. The molecule has 130 valence electrons. The molecule has 2 nitrogen and oxygen atoms in total. The summed E-state index contributed by atoms with van der Waals surface area (Å²) in [6, 6.07) is 4.06. The number of hydrogen-bond acceptors (Lipinski definition) is 2. The van der Waals surface area contributed by atoms with E-state index < -0.39 is 11.7 Å². The lowest BCUT2D eigenvalue weighted by Gasteiger charge is -2.43. The van der Waals surface area contributed by atoms with Crippen LogP contribution in [0.2, 0.25) is 5.02 Å². The van der Waals surface area contributed by atoms with Crippen molar-refractivity contribution in [1.82, 2.24) is 10.2 Å². The maximum Gasteiger partial charge on any atom is 0.416 e. The summed E-state index contributed by atoms with van der Waals surface area (Å²) < 4.78 is 39.2. The minimum atomic E-state index is -4.35. The van der Waals surface area contributed by atoms with Crippen LogP contribution in [-0.4, -0.2) is 31.1 Å². The molecule has 0 radical (unpaired) electrons. The third kappa shape index (κ3) is 4.32. The molecule has 1 saturated heterocycles. The molecule has 1 aromatic carbocycles. The fourth-order valence-electron chi connectivity index (χ4n) is 3.44. The smallest absolute Gasteiger partial charge is 0.314 e. The van der Waals surface area contributed by atoms with Crippen LogP contribution in [0.4, 0.5) is 13.2 Å². The second-order valence-electron chi connectivity index (χ2n) is 6.19. The highest BCUT2D eigenvalue weighted by atomic mass is 35.5. The molecule has 0 aromatic heterocycles. The Morgan fingerprint density at radius 1 is 1.13 bits per heavy atom. The third-order valence-electron chi connectivity index (χ3n) is 4.73. The van der Waals surface area contributed by atoms with Gasteiger partial charge in [0, 0.05) is 37.2 Å². The molecule has 1 atom stereocenters. The van der Waals surface area contributed by atoms with Crippen LogP contribution in [0.1, 0.15) is 36.4 Å². The van der Waals surface area contributed by atoms with Gasteiger partial charge in [0.25, 0.3) is 0 Å². The van der Waals surface area contributed by atoms with Gasteiger partial charge in [0.15, 0.2) is 0 Å². The summed E-state index contributed by atoms with van der Waals surface area (Å²) in [5, 5.41) is 3.47. The van der Waals surface area contributed by atoms with Gasteiger partial charge in [-0.3, -0.25) is 4.90 Å². The monoisotopic (exact) mass is 368 g/mol. The van der Waals surface area contributed by atoms with Crippen molar-refractivity contribution in [1.29, 1.82) is 0 Å². The van der Waals surface area contributed by atoms with E-state index in [4.69, 9.17) is 11.6 Å². The maximum atomic E-state index is 13.1. The van der Waals surface area contributed by atoms with Crippen molar-refractivity contribution in [2.24, 2.45) is 5.92 Å². The Morgan fingerprint density at radius 2 is 1.78 bits per heavy atom. The van der Waals surface area contributed by atoms with Crippen LogP contribution in [0.3, 0.4) is 0 Å². The minimum Gasteiger partial charge on any atom is -0.314 e. The van der Waals surface area contributed by atoms with E-state index >= 15 is 0 Å². The highest BCUT2D eigenvalue weighted by Crippen LogP contribution is 2.43. The molecular formula is C16H21Cl2F3N2. The molecule has 2 fully saturated rings. The Kier molecular flexibility index (Phi) is 6.22. The standard InChI is InChI=1S/C16H20ClF3N2.ClH/c17-14-9-12(8-13(10-14)16(18,19)20)15(11-2-1-3-11)22-6-4-21-5-7-22;/h8-11,15,21H,1-7H2;1H/t15-;/m0./s1. The van der Waals surface area contributed by atoms with E-state index in [9.17, 15) is 13.2 Å². The topological polar surface area (TPSA) is 15.3 Å². The Balaban J connectivity index is 0.00000192. The minimum absolute atomic E-state index is 0. The first-order valence-electron chi connectivity index (χ1n) is 7.77. The molecule has 0 amide bonds. The van der Waals surface area contributed by atoms with Gasteiger partial charge in [0.1, 0.15) is 0 Å². The molecule has 0 spiro atoms. The van der Waals surface area contributed by atoms with Gasteiger partial charge in [0.2, 0.25) is 0 Å². The number of hydrogen-bond donors (Lipinski definition) is 1. The summed E-state index contributed by atoms with van der Waals surface area (Å²) in [4.78, 5) is 2.31. The summed E-state index contributed by atoms with van der Waals surface area (Å²) >= 11 is 5.97. The average molecular weight is 369 g/mol. The Bertz CT molecular complexity index is 527. The number of nitrogens with one attached hydrogen (secondary N) is 1. The van der Waals surface area contributed by atoms with Gasteiger partial charge in [-0.2, -0.15) is 13.2 Å². The van der Waals surface area contributed by atoms with E-state index in [1.54, 1.807) is 6.07 Å². The molecule has 0 unspecified atom stereocenters. The lowest BCUT2D eigenvalue weighted by Crippen LogP contribution is -2.47. The van der Waals surface area contributed by atoms with Crippen molar-refractivity contribution in [3.05, 3.63) is 34.3 Å². The van der Waals surface area contributed by atoms with Gasteiger partial charge < -0.3 is 5.32 Å². The summed E-state index contributed by atoms with van der Waals surface area (Å²) in [7, 11) is 0. The normalized spacial score (nSPS) is 21.4. The van der Waals surface area contributed by atoms with Crippen LogP contribution < -0.4 is 5.32 Å². The highest BCUT2D eigenvalue weighted by molar-refractivity contribution is 6.30. The van der Waals surface area contributed by atoms with Gasteiger partial charge in [-0.05, 0) is 42.5 Å². The van der Waals surface area contributed by atoms with E-state index in [0.29, 0.717) is 11.5 Å². The fourth-order valence-corrected chi connectivity index (χ4v) is 3.69. The molecule has 0 bridgehead atoms. The van der Waals surface area contributed by atoms with Crippen LogP contribution in [0.25, 0.3) is 0 Å². The quantitative estimate of drug-likeness (QED) is 0.843. The summed E-state index contributed by atoms with van der Waals surface area (Å²) in [5.74, 6) is 0.442. The summed E-state index contributed by atoms with van der Waals surface area (Å²) in [5.41, 5.74) is 0.0703. The van der Waals surface area contributed by atoms with Crippen LogP contribution in [0, 0.1) is 5.92 Å². The SMILES string of the molecule is Cl.FC(F)(F)c1cc(Cl)cc([C@H](C2CCC2)N2CCNCC2)c1. The third-order valence-corrected chi connectivity index (χ3v) is 4.95. The lowest BCUT2D eigenvalue weighted by molar-refractivity contribution is -0.137. The van der Waals surface area contributed by atoms with Crippen molar-refractivity contribution in [3.63, 3.8) is 0 Å². The first kappa shape index (κ1) is 18.8. The first-order valence-corrected chi connectivity index (χ1v) is 8.15. The molecule has 1 heterocycles. The van der Waals surface area contributed by atoms with Crippen molar-refractivity contribution >= 4 is 24.0 Å². The predicted molar refractivity (Wildman–Crippen MR) is 88.2 cm³/mol. The molecule has 1 saturated carbocycles. The van der Waals surface area contributed by atoms with Crippen LogP contribution in [-0.2, 0) is 6.18 Å². The van der Waals surface area contributed by atoms with Crippen molar-refractivity contribution < 1.29 is 13.2 Å². The zero-order valence-corrected chi connectivity index (χ0v) is 14.3. The Labute approximate surface area is 145 Å². The van der Waals surface area contributed by atoms with E-state index in [2.05, 4.69) is 10.2 Å².